The molecule has 0 bridgehead atoms. The van der Waals surface area contributed by atoms with Gasteiger partial charge in [0.05, 0.1) is 0 Å². The van der Waals surface area contributed by atoms with Crippen LogP contribution in [0.3, 0.4) is 0 Å². The Labute approximate surface area is 97.3 Å². The summed E-state index contributed by atoms with van der Waals surface area (Å²) in [6.07, 6.45) is 1.75. The lowest BCUT2D eigenvalue weighted by atomic mass is 9.96. The molecule has 15 heavy (non-hydrogen) atoms. The molecule has 0 aromatic carbocycles. The molecule has 2 nitrogen and oxygen atoms in total. The Morgan fingerprint density at radius 3 is 2.60 bits per heavy atom. The predicted octanol–water partition coefficient (Wildman–Crippen LogP) is 3.21. The lowest BCUT2D eigenvalue weighted by molar-refractivity contribution is 0.221. The zero-order chi connectivity index (χ0) is 11.5. The van der Waals surface area contributed by atoms with Crippen LogP contribution in [0.5, 0.6) is 0 Å². The van der Waals surface area contributed by atoms with Gasteiger partial charge < -0.3 is 4.90 Å². The molecule has 1 rings (SSSR count). The van der Waals surface area contributed by atoms with Crippen LogP contribution in [0.25, 0.3) is 0 Å². The number of pyridine rings is 1. The molecule has 0 fully saturated rings. The fourth-order valence-electron chi connectivity index (χ4n) is 1.72. The van der Waals surface area contributed by atoms with Gasteiger partial charge in [-0.05, 0) is 30.2 Å². The number of halogens is 1. The molecule has 0 spiro atoms. The SMILES string of the molecule is CN(Cc1ccnc(Cl)c1)CC(C)(C)C. The maximum Gasteiger partial charge on any atom is 0.129 e. The van der Waals surface area contributed by atoms with Crippen LogP contribution in [0, 0.1) is 5.41 Å². The standard InChI is InChI=1S/C12H19ClN2/c1-12(2,3)9-15(4)8-10-5-6-14-11(13)7-10/h5-7H,8-9H2,1-4H3. The highest BCUT2D eigenvalue weighted by Crippen LogP contribution is 2.16. The van der Waals surface area contributed by atoms with Crippen molar-refractivity contribution >= 4 is 11.6 Å². The first-order chi connectivity index (χ1) is 6.87. The summed E-state index contributed by atoms with van der Waals surface area (Å²) in [5.41, 5.74) is 1.53. The highest BCUT2D eigenvalue weighted by atomic mass is 35.5. The van der Waals surface area contributed by atoms with Crippen LogP contribution in [0.2, 0.25) is 5.15 Å². The minimum absolute atomic E-state index is 0.325. The van der Waals surface area contributed by atoms with Crippen molar-refractivity contribution < 1.29 is 0 Å². The van der Waals surface area contributed by atoms with Gasteiger partial charge >= 0.3 is 0 Å². The Kier molecular flexibility index (Phi) is 4.12. The van der Waals surface area contributed by atoms with E-state index >= 15 is 0 Å². The molecule has 0 saturated carbocycles. The molecule has 84 valence electrons. The van der Waals surface area contributed by atoms with Crippen LogP contribution in [0.4, 0.5) is 0 Å². The van der Waals surface area contributed by atoms with Crippen molar-refractivity contribution in [3.8, 4) is 0 Å². The lowest BCUT2D eigenvalue weighted by Gasteiger charge is -2.26. The van der Waals surface area contributed by atoms with E-state index in [2.05, 4.69) is 37.7 Å². The smallest absolute Gasteiger partial charge is 0.129 e. The molecule has 1 aromatic rings. The summed E-state index contributed by atoms with van der Waals surface area (Å²) in [6, 6.07) is 3.92. The van der Waals surface area contributed by atoms with Gasteiger partial charge in [-0.3, -0.25) is 0 Å². The number of nitrogens with zero attached hydrogens (tertiary/aromatic N) is 2. The molecule has 3 heteroatoms. The molecule has 0 unspecified atom stereocenters. The van der Waals surface area contributed by atoms with Crippen molar-refractivity contribution in [2.75, 3.05) is 13.6 Å². The van der Waals surface area contributed by atoms with Crippen LogP contribution in [0.1, 0.15) is 26.3 Å². The van der Waals surface area contributed by atoms with Crippen molar-refractivity contribution in [3.63, 3.8) is 0 Å². The average Bonchev–Trinajstić information content (AvgIpc) is 1.99. The van der Waals surface area contributed by atoms with Crippen molar-refractivity contribution in [2.24, 2.45) is 5.41 Å². The van der Waals surface area contributed by atoms with E-state index in [9.17, 15) is 0 Å². The Hall–Kier alpha value is -0.600. The second-order valence-corrected chi connectivity index (χ2v) is 5.61. The first kappa shape index (κ1) is 12.5. The maximum absolute atomic E-state index is 5.83. The van der Waals surface area contributed by atoms with Gasteiger partial charge in [0.25, 0.3) is 0 Å². The third-order valence-electron chi connectivity index (χ3n) is 1.99. The summed E-state index contributed by atoms with van der Waals surface area (Å²) in [7, 11) is 2.12. The molecule has 0 saturated heterocycles. The third-order valence-corrected chi connectivity index (χ3v) is 2.19. The topological polar surface area (TPSA) is 16.1 Å². The van der Waals surface area contributed by atoms with Gasteiger partial charge in [-0.2, -0.15) is 0 Å². The minimum atomic E-state index is 0.325. The normalized spacial score (nSPS) is 12.1. The van der Waals surface area contributed by atoms with E-state index in [1.165, 1.54) is 5.56 Å². The summed E-state index contributed by atoms with van der Waals surface area (Å²) in [4.78, 5) is 6.27. The third kappa shape index (κ3) is 5.14. The van der Waals surface area contributed by atoms with Crippen LogP contribution in [-0.4, -0.2) is 23.5 Å². The van der Waals surface area contributed by atoms with Gasteiger partial charge in [0.15, 0.2) is 0 Å². The zero-order valence-electron chi connectivity index (χ0n) is 9.92. The second kappa shape index (κ2) is 4.95. The van der Waals surface area contributed by atoms with Crippen LogP contribution in [-0.2, 0) is 6.54 Å². The van der Waals surface area contributed by atoms with E-state index in [4.69, 9.17) is 11.6 Å². The summed E-state index contributed by atoms with van der Waals surface area (Å²) in [5.74, 6) is 0. The summed E-state index contributed by atoms with van der Waals surface area (Å²) >= 11 is 5.83. The van der Waals surface area contributed by atoms with E-state index in [0.29, 0.717) is 10.6 Å². The van der Waals surface area contributed by atoms with Gasteiger partial charge in [0, 0.05) is 19.3 Å². The fourth-order valence-corrected chi connectivity index (χ4v) is 1.91. The van der Waals surface area contributed by atoms with Gasteiger partial charge in [-0.15, -0.1) is 0 Å². The molecular formula is C12H19ClN2. The van der Waals surface area contributed by atoms with Gasteiger partial charge in [-0.1, -0.05) is 32.4 Å². The van der Waals surface area contributed by atoms with Gasteiger partial charge in [0.2, 0.25) is 0 Å². The quantitative estimate of drug-likeness (QED) is 0.736. The average molecular weight is 227 g/mol. The van der Waals surface area contributed by atoms with Crippen molar-refractivity contribution in [3.05, 3.63) is 29.0 Å². The number of aromatic nitrogens is 1. The highest BCUT2D eigenvalue weighted by Gasteiger charge is 2.13. The predicted molar refractivity (Wildman–Crippen MR) is 65.0 cm³/mol. The fraction of sp³-hybridized carbons (Fsp3) is 0.583. The van der Waals surface area contributed by atoms with Crippen molar-refractivity contribution in [1.29, 1.82) is 0 Å². The molecule has 1 heterocycles. The number of rotatable bonds is 3. The Bertz CT molecular complexity index is 318. The lowest BCUT2D eigenvalue weighted by Crippen LogP contribution is -2.28. The van der Waals surface area contributed by atoms with E-state index in [0.717, 1.165) is 13.1 Å². The molecule has 0 amide bonds. The Morgan fingerprint density at radius 2 is 2.07 bits per heavy atom. The molecule has 0 aliphatic carbocycles. The number of hydrogen-bond donors (Lipinski definition) is 0. The zero-order valence-corrected chi connectivity index (χ0v) is 10.7. The minimum Gasteiger partial charge on any atom is -0.302 e. The van der Waals surface area contributed by atoms with Crippen LogP contribution < -0.4 is 0 Å². The first-order valence-corrected chi connectivity index (χ1v) is 5.53. The Balaban J connectivity index is 2.55. The molecule has 0 aliphatic heterocycles. The summed E-state index contributed by atoms with van der Waals surface area (Å²) in [6.45, 7) is 8.70. The van der Waals surface area contributed by atoms with E-state index in [1.54, 1.807) is 6.20 Å². The van der Waals surface area contributed by atoms with Crippen LogP contribution >= 0.6 is 11.6 Å². The summed E-state index contributed by atoms with van der Waals surface area (Å²) < 4.78 is 0. The molecule has 0 aliphatic rings. The number of hydrogen-bond acceptors (Lipinski definition) is 2. The largest absolute Gasteiger partial charge is 0.302 e. The monoisotopic (exact) mass is 226 g/mol. The molecular weight excluding hydrogens is 208 g/mol. The van der Waals surface area contributed by atoms with E-state index in [-0.39, 0.29) is 0 Å². The van der Waals surface area contributed by atoms with Gasteiger partial charge in [0.1, 0.15) is 5.15 Å². The van der Waals surface area contributed by atoms with Crippen molar-refractivity contribution in [1.82, 2.24) is 9.88 Å². The van der Waals surface area contributed by atoms with E-state index < -0.39 is 0 Å². The molecule has 0 radical (unpaired) electrons. The van der Waals surface area contributed by atoms with E-state index in [1.807, 2.05) is 12.1 Å². The van der Waals surface area contributed by atoms with Crippen molar-refractivity contribution in [2.45, 2.75) is 27.3 Å². The highest BCUT2D eigenvalue weighted by molar-refractivity contribution is 6.29. The van der Waals surface area contributed by atoms with Crippen LogP contribution in [0.15, 0.2) is 18.3 Å². The summed E-state index contributed by atoms with van der Waals surface area (Å²) in [5, 5.41) is 0.566. The van der Waals surface area contributed by atoms with Gasteiger partial charge in [-0.25, -0.2) is 4.98 Å². The first-order valence-electron chi connectivity index (χ1n) is 5.16. The molecule has 0 N–H and O–H groups in total. The molecule has 1 aromatic heterocycles. The molecule has 0 atom stereocenters. The Morgan fingerprint density at radius 1 is 1.40 bits per heavy atom. The second-order valence-electron chi connectivity index (χ2n) is 5.22. The maximum atomic E-state index is 5.83.